The first-order valence-corrected chi connectivity index (χ1v) is 4.73. The van der Waals surface area contributed by atoms with E-state index < -0.39 is 0 Å². The van der Waals surface area contributed by atoms with Crippen LogP contribution in [-0.4, -0.2) is 0 Å². The fourth-order valence-corrected chi connectivity index (χ4v) is 1.96. The molecule has 0 aliphatic heterocycles. The molecule has 1 rings (SSSR count). The zero-order valence-electron chi connectivity index (χ0n) is 6.10. The third-order valence-corrected chi connectivity index (χ3v) is 2.95. The van der Waals surface area contributed by atoms with Crippen molar-refractivity contribution in [2.24, 2.45) is 0 Å². The van der Waals surface area contributed by atoms with Gasteiger partial charge in [0, 0.05) is 0 Å². The topological polar surface area (TPSA) is 0 Å². The average Bonchev–Trinajstić information content (AvgIpc) is 1.89. The number of rotatable bonds is 1. The molecule has 0 nitrogen and oxygen atoms in total. The molecule has 0 radical (unpaired) electrons. The third kappa shape index (κ3) is 2.67. The predicted molar refractivity (Wildman–Crippen MR) is 35.5 cm³/mol. The summed E-state index contributed by atoms with van der Waals surface area (Å²) in [6, 6.07) is 8.63. The van der Waals surface area contributed by atoms with E-state index in [0.29, 0.717) is 0 Å². The van der Waals surface area contributed by atoms with E-state index in [1.54, 1.807) is 0 Å². The van der Waals surface area contributed by atoms with Gasteiger partial charge in [0.25, 0.3) is 0 Å². The molecule has 1 aromatic carbocycles. The Bertz CT molecular complexity index is 198. The summed E-state index contributed by atoms with van der Waals surface area (Å²) in [7, 11) is 0. The van der Waals surface area contributed by atoms with E-state index in [4.69, 9.17) is 0 Å². The van der Waals surface area contributed by atoms with Gasteiger partial charge in [0.05, 0.1) is 0 Å². The largest absolute Gasteiger partial charge is 1.00 e. The monoisotopic (exact) mass is 296 g/mol. The van der Waals surface area contributed by atoms with Crippen molar-refractivity contribution in [1.82, 2.24) is 0 Å². The summed E-state index contributed by atoms with van der Waals surface area (Å²) < 4.78 is 1.53. The summed E-state index contributed by atoms with van der Waals surface area (Å²) in [5.41, 5.74) is 1.51. The van der Waals surface area contributed by atoms with Gasteiger partial charge in [-0.15, -0.1) is 0 Å². The van der Waals surface area contributed by atoms with Crippen molar-refractivity contribution in [1.29, 1.82) is 0 Å². The maximum Gasteiger partial charge on any atom is -1.00 e. The van der Waals surface area contributed by atoms with Crippen LogP contribution >= 0.6 is 0 Å². The Morgan fingerprint density at radius 3 is 2.30 bits per heavy atom. The Kier molecular flexibility index (Phi) is 5.55. The molecule has 0 bridgehead atoms. The average molecular weight is 297 g/mol. The number of aryl methyl sites for hydroxylation is 1. The molecule has 1 aromatic rings. The van der Waals surface area contributed by atoms with Crippen LogP contribution in [0, 0.1) is 0 Å². The molecule has 0 saturated heterocycles. The Labute approximate surface area is 89.1 Å². The normalized spacial score (nSPS) is 8.70. The second-order valence-electron chi connectivity index (χ2n) is 2.12. The molecule has 0 unspecified atom stereocenters. The SMILES string of the molecule is CCc1cccc[c]1[Zn+].[I-]. The second kappa shape index (κ2) is 5.25. The van der Waals surface area contributed by atoms with Gasteiger partial charge in [0.1, 0.15) is 0 Å². The summed E-state index contributed by atoms with van der Waals surface area (Å²) in [6.07, 6.45) is 1.18. The van der Waals surface area contributed by atoms with Crippen molar-refractivity contribution >= 4 is 4.16 Å². The number of halogens is 1. The first-order chi connectivity index (χ1) is 4.34. The minimum absolute atomic E-state index is 0. The van der Waals surface area contributed by atoms with E-state index in [0.717, 1.165) is 0 Å². The van der Waals surface area contributed by atoms with Gasteiger partial charge in [-0.2, -0.15) is 0 Å². The molecule has 0 atom stereocenters. The summed E-state index contributed by atoms with van der Waals surface area (Å²) in [6.45, 7) is 2.20. The van der Waals surface area contributed by atoms with E-state index in [9.17, 15) is 0 Å². The van der Waals surface area contributed by atoms with E-state index in [-0.39, 0.29) is 24.0 Å². The van der Waals surface area contributed by atoms with Gasteiger partial charge in [0.15, 0.2) is 0 Å². The van der Waals surface area contributed by atoms with Crippen molar-refractivity contribution < 1.29 is 42.3 Å². The minimum Gasteiger partial charge on any atom is -1.00 e. The molecule has 0 spiro atoms. The van der Waals surface area contributed by atoms with Crippen LogP contribution in [0.5, 0.6) is 0 Å². The van der Waals surface area contributed by atoms with Crippen molar-refractivity contribution in [3.8, 4) is 0 Å². The van der Waals surface area contributed by atoms with Gasteiger partial charge in [-0.05, 0) is 0 Å². The van der Waals surface area contributed by atoms with Gasteiger partial charge in [-0.1, -0.05) is 0 Å². The Hall–Kier alpha value is 0.573. The van der Waals surface area contributed by atoms with Gasteiger partial charge in [0.2, 0.25) is 0 Å². The third-order valence-electron chi connectivity index (χ3n) is 1.50. The zero-order chi connectivity index (χ0) is 6.69. The Morgan fingerprint density at radius 2 is 1.90 bits per heavy atom. The van der Waals surface area contributed by atoms with Gasteiger partial charge in [-0.25, -0.2) is 0 Å². The molecule has 0 fully saturated rings. The van der Waals surface area contributed by atoms with E-state index in [2.05, 4.69) is 31.2 Å². The van der Waals surface area contributed by atoms with Gasteiger partial charge >= 0.3 is 65.6 Å². The number of benzene rings is 1. The summed E-state index contributed by atoms with van der Waals surface area (Å²) in [5.74, 6) is 0. The molecule has 50 valence electrons. The second-order valence-corrected chi connectivity index (χ2v) is 3.72. The zero-order valence-corrected chi connectivity index (χ0v) is 11.2. The van der Waals surface area contributed by atoms with Crippen LogP contribution in [0.3, 0.4) is 0 Å². The molecule has 0 saturated carbocycles. The quantitative estimate of drug-likeness (QED) is 0.434. The fraction of sp³-hybridized carbons (Fsp3) is 0.250. The molecule has 10 heavy (non-hydrogen) atoms. The molecule has 0 aromatic heterocycles. The molecule has 0 amide bonds. The Balaban J connectivity index is 0.000000810. The first-order valence-electron chi connectivity index (χ1n) is 3.24. The molecule has 0 aliphatic rings. The van der Waals surface area contributed by atoms with Crippen LogP contribution in [0.15, 0.2) is 24.3 Å². The van der Waals surface area contributed by atoms with Crippen LogP contribution in [0.4, 0.5) is 0 Å². The van der Waals surface area contributed by atoms with Gasteiger partial charge in [-0.3, -0.25) is 0 Å². The van der Waals surface area contributed by atoms with Crippen molar-refractivity contribution in [2.45, 2.75) is 13.3 Å². The first kappa shape index (κ1) is 10.6. The number of hydrogen-bond acceptors (Lipinski definition) is 0. The number of hydrogen-bond donors (Lipinski definition) is 0. The van der Waals surface area contributed by atoms with Crippen LogP contribution in [0.1, 0.15) is 12.5 Å². The molecular formula is C8H9IZn. The van der Waals surface area contributed by atoms with Crippen molar-refractivity contribution in [3.63, 3.8) is 0 Å². The molecule has 0 aliphatic carbocycles. The van der Waals surface area contributed by atoms with E-state index >= 15 is 0 Å². The van der Waals surface area contributed by atoms with Crippen LogP contribution < -0.4 is 28.1 Å². The fourth-order valence-electron chi connectivity index (χ4n) is 0.902. The maximum atomic E-state index is 2.21. The predicted octanol–water partition coefficient (Wildman–Crippen LogP) is -1.57. The van der Waals surface area contributed by atoms with E-state index in [1.165, 1.54) is 34.4 Å². The smallest absolute Gasteiger partial charge is 1.00 e. The molecular weight excluding hydrogens is 288 g/mol. The Morgan fingerprint density at radius 1 is 1.30 bits per heavy atom. The summed E-state index contributed by atoms with van der Waals surface area (Å²) >= 11 is 1.28. The van der Waals surface area contributed by atoms with Crippen molar-refractivity contribution in [3.05, 3.63) is 29.8 Å². The minimum atomic E-state index is 0. The van der Waals surface area contributed by atoms with E-state index in [1.807, 2.05) is 0 Å². The van der Waals surface area contributed by atoms with Gasteiger partial charge < -0.3 is 24.0 Å². The summed E-state index contributed by atoms with van der Waals surface area (Å²) in [5, 5.41) is 0. The molecule has 2 heteroatoms. The summed E-state index contributed by atoms with van der Waals surface area (Å²) in [4.78, 5) is 0. The molecule has 0 N–H and O–H groups in total. The van der Waals surface area contributed by atoms with Crippen molar-refractivity contribution in [2.75, 3.05) is 0 Å². The van der Waals surface area contributed by atoms with Crippen LogP contribution in [-0.2, 0) is 24.7 Å². The standard InChI is InChI=1S/C8H9.HI.Zn/c1-2-8-6-4-3-5-7-8;;/h3-6H,2H2,1H3;1H;/q;;+1/p-1. The maximum absolute atomic E-state index is 2.21. The molecule has 0 heterocycles. The van der Waals surface area contributed by atoms with Crippen LogP contribution in [0.25, 0.3) is 0 Å². The van der Waals surface area contributed by atoms with Crippen LogP contribution in [0.2, 0.25) is 0 Å².